The van der Waals surface area contributed by atoms with Crippen LogP contribution in [0.1, 0.15) is 17.5 Å². The van der Waals surface area contributed by atoms with Crippen LogP contribution in [0.5, 0.6) is 5.75 Å². The van der Waals surface area contributed by atoms with Crippen molar-refractivity contribution in [2.45, 2.75) is 26.3 Å². The number of aliphatic imine (C=N–C) groups is 1. The zero-order valence-electron chi connectivity index (χ0n) is 15.5. The summed E-state index contributed by atoms with van der Waals surface area (Å²) in [6, 6.07) is 12.2. The monoisotopic (exact) mass is 366 g/mol. The van der Waals surface area contributed by atoms with Gasteiger partial charge in [0.15, 0.2) is 0 Å². The number of rotatable bonds is 5. The molecule has 0 spiro atoms. The highest BCUT2D eigenvalue weighted by atomic mass is 16.5. The van der Waals surface area contributed by atoms with Gasteiger partial charge in [0, 0.05) is 11.4 Å². The summed E-state index contributed by atoms with van der Waals surface area (Å²) < 4.78 is 5.11. The quantitative estimate of drug-likeness (QED) is 0.758. The van der Waals surface area contributed by atoms with Gasteiger partial charge in [0.25, 0.3) is 5.91 Å². The molecule has 0 aromatic heterocycles. The van der Waals surface area contributed by atoms with Crippen molar-refractivity contribution in [2.24, 2.45) is 4.99 Å². The molecule has 7 nitrogen and oxygen atoms in total. The molecule has 1 atom stereocenters. The molecule has 27 heavy (non-hydrogen) atoms. The van der Waals surface area contributed by atoms with Crippen LogP contribution < -0.4 is 20.7 Å². The number of hydrogen-bond donors (Lipinski definition) is 3. The zero-order chi connectivity index (χ0) is 19.4. The van der Waals surface area contributed by atoms with Gasteiger partial charge in [-0.05, 0) is 61.4 Å². The maximum atomic E-state index is 12.3. The lowest BCUT2D eigenvalue weighted by Gasteiger charge is -2.08. The predicted molar refractivity (Wildman–Crippen MR) is 105 cm³/mol. The molecule has 1 aliphatic heterocycles. The van der Waals surface area contributed by atoms with E-state index in [-0.39, 0.29) is 18.2 Å². The number of hydrogen-bond acceptors (Lipinski definition) is 5. The molecule has 2 aromatic rings. The third kappa shape index (κ3) is 4.63. The first-order chi connectivity index (χ1) is 12.9. The Labute approximate surface area is 157 Å². The van der Waals surface area contributed by atoms with Crippen molar-refractivity contribution in [1.82, 2.24) is 5.32 Å². The Morgan fingerprint density at radius 3 is 2.48 bits per heavy atom. The number of carbonyl (C=O) groups is 2. The van der Waals surface area contributed by atoms with Crippen LogP contribution in [-0.2, 0) is 9.59 Å². The van der Waals surface area contributed by atoms with Crippen molar-refractivity contribution in [3.63, 3.8) is 0 Å². The van der Waals surface area contributed by atoms with E-state index in [1.165, 1.54) is 0 Å². The Morgan fingerprint density at radius 1 is 1.11 bits per heavy atom. The van der Waals surface area contributed by atoms with Crippen molar-refractivity contribution >= 4 is 29.1 Å². The minimum atomic E-state index is -0.753. The Bertz CT molecular complexity index is 891. The van der Waals surface area contributed by atoms with Gasteiger partial charge in [-0.2, -0.15) is 0 Å². The lowest BCUT2D eigenvalue weighted by Crippen LogP contribution is -2.33. The number of ether oxygens (including phenoxy) is 1. The number of guanidine groups is 1. The van der Waals surface area contributed by atoms with Crippen molar-refractivity contribution in [2.75, 3.05) is 17.7 Å². The fraction of sp³-hybridized carbons (Fsp3) is 0.250. The SMILES string of the molecule is COc1ccc(NC2=NC(CC(=O)Nc3ccc(C)c(C)c3)C(=O)N2)cc1. The van der Waals surface area contributed by atoms with Crippen molar-refractivity contribution in [3.05, 3.63) is 53.6 Å². The summed E-state index contributed by atoms with van der Waals surface area (Å²) >= 11 is 0. The third-order valence-corrected chi connectivity index (χ3v) is 4.35. The van der Waals surface area contributed by atoms with Crippen molar-refractivity contribution in [1.29, 1.82) is 0 Å². The second-order valence-corrected chi connectivity index (χ2v) is 6.39. The number of aryl methyl sites for hydroxylation is 2. The Balaban J connectivity index is 1.59. The average Bonchev–Trinajstić information content (AvgIpc) is 2.97. The molecule has 0 bridgehead atoms. The fourth-order valence-corrected chi connectivity index (χ4v) is 2.67. The molecule has 0 saturated heterocycles. The lowest BCUT2D eigenvalue weighted by atomic mass is 10.1. The number of methoxy groups -OCH3 is 1. The van der Waals surface area contributed by atoms with Crippen LogP contribution in [0.2, 0.25) is 0 Å². The van der Waals surface area contributed by atoms with Crippen LogP contribution in [0.15, 0.2) is 47.5 Å². The highest BCUT2D eigenvalue weighted by Crippen LogP contribution is 2.17. The molecule has 1 unspecified atom stereocenters. The summed E-state index contributed by atoms with van der Waals surface area (Å²) in [7, 11) is 1.59. The van der Waals surface area contributed by atoms with Crippen LogP contribution in [0.3, 0.4) is 0 Å². The fourth-order valence-electron chi connectivity index (χ4n) is 2.67. The smallest absolute Gasteiger partial charge is 0.252 e. The van der Waals surface area contributed by atoms with E-state index in [4.69, 9.17) is 4.74 Å². The minimum absolute atomic E-state index is 0.0213. The molecule has 140 valence electrons. The number of carbonyl (C=O) groups excluding carboxylic acids is 2. The van der Waals surface area contributed by atoms with Gasteiger partial charge in [0.05, 0.1) is 13.5 Å². The molecular weight excluding hydrogens is 344 g/mol. The summed E-state index contributed by atoms with van der Waals surface area (Å²) in [6.45, 7) is 3.99. The molecule has 1 aliphatic rings. The molecular formula is C20H22N4O3. The van der Waals surface area contributed by atoms with E-state index in [1.54, 1.807) is 19.2 Å². The molecule has 7 heteroatoms. The third-order valence-electron chi connectivity index (χ3n) is 4.35. The van der Waals surface area contributed by atoms with Crippen LogP contribution >= 0.6 is 0 Å². The summed E-state index contributed by atoms with van der Waals surface area (Å²) in [5, 5.41) is 8.49. The Kier molecular flexibility index (Phi) is 5.40. The number of nitrogens with zero attached hydrogens (tertiary/aromatic N) is 1. The van der Waals surface area contributed by atoms with Crippen LogP contribution in [0, 0.1) is 13.8 Å². The van der Waals surface area contributed by atoms with Gasteiger partial charge in [-0.25, -0.2) is 4.99 Å². The van der Waals surface area contributed by atoms with Gasteiger partial charge in [0.2, 0.25) is 11.9 Å². The van der Waals surface area contributed by atoms with Crippen LogP contribution in [0.25, 0.3) is 0 Å². The van der Waals surface area contributed by atoms with E-state index in [9.17, 15) is 9.59 Å². The number of amides is 2. The molecule has 3 rings (SSSR count). The summed E-state index contributed by atoms with van der Waals surface area (Å²) in [4.78, 5) is 28.6. The molecule has 0 radical (unpaired) electrons. The minimum Gasteiger partial charge on any atom is -0.497 e. The first kappa shape index (κ1) is 18.4. The summed E-state index contributed by atoms with van der Waals surface area (Å²) in [5.41, 5.74) is 3.72. The van der Waals surface area contributed by atoms with Gasteiger partial charge in [-0.1, -0.05) is 6.07 Å². The van der Waals surface area contributed by atoms with Crippen molar-refractivity contribution < 1.29 is 14.3 Å². The summed E-state index contributed by atoms with van der Waals surface area (Å²) in [5.74, 6) is 0.502. The molecule has 3 N–H and O–H groups in total. The molecule has 1 heterocycles. The topological polar surface area (TPSA) is 91.8 Å². The Morgan fingerprint density at radius 2 is 1.81 bits per heavy atom. The van der Waals surface area contributed by atoms with E-state index in [0.717, 1.165) is 22.6 Å². The maximum Gasteiger partial charge on any atom is 0.252 e. The standard InChI is InChI=1S/C20H22N4O3/c1-12-4-5-15(10-13(12)2)21-18(25)11-17-19(26)24-20(23-17)22-14-6-8-16(27-3)9-7-14/h4-10,17H,11H2,1-3H3,(H,21,25)(H2,22,23,24,26). The number of anilines is 2. The first-order valence-corrected chi connectivity index (χ1v) is 8.61. The molecule has 2 amide bonds. The maximum absolute atomic E-state index is 12.3. The molecule has 0 aliphatic carbocycles. The highest BCUT2D eigenvalue weighted by molar-refractivity contribution is 6.11. The molecule has 0 saturated carbocycles. The lowest BCUT2D eigenvalue weighted by molar-refractivity contribution is -0.123. The largest absolute Gasteiger partial charge is 0.497 e. The number of nitrogens with one attached hydrogen (secondary N) is 3. The van der Waals surface area contributed by atoms with Gasteiger partial charge < -0.3 is 15.4 Å². The van der Waals surface area contributed by atoms with Gasteiger partial charge in [0.1, 0.15) is 11.8 Å². The van der Waals surface area contributed by atoms with E-state index in [2.05, 4.69) is 20.9 Å². The predicted octanol–water partition coefficient (Wildman–Crippen LogP) is 2.61. The first-order valence-electron chi connectivity index (χ1n) is 8.61. The molecule has 0 fully saturated rings. The second kappa shape index (κ2) is 7.90. The average molecular weight is 366 g/mol. The van der Waals surface area contributed by atoms with Gasteiger partial charge in [-0.3, -0.25) is 14.9 Å². The van der Waals surface area contributed by atoms with Crippen LogP contribution in [-0.4, -0.2) is 30.9 Å². The second-order valence-electron chi connectivity index (χ2n) is 6.39. The summed E-state index contributed by atoms with van der Waals surface area (Å²) in [6.07, 6.45) is -0.0213. The van der Waals surface area contributed by atoms with E-state index < -0.39 is 6.04 Å². The highest BCUT2D eigenvalue weighted by Gasteiger charge is 2.28. The van der Waals surface area contributed by atoms with E-state index in [1.807, 2.05) is 44.2 Å². The van der Waals surface area contributed by atoms with Crippen molar-refractivity contribution in [3.8, 4) is 5.75 Å². The van der Waals surface area contributed by atoms with E-state index >= 15 is 0 Å². The van der Waals surface area contributed by atoms with E-state index in [0.29, 0.717) is 11.6 Å². The zero-order valence-corrected chi connectivity index (χ0v) is 15.5. The Hall–Kier alpha value is -3.35. The number of benzene rings is 2. The van der Waals surface area contributed by atoms with Gasteiger partial charge >= 0.3 is 0 Å². The molecule has 2 aromatic carbocycles. The normalized spacial score (nSPS) is 15.7. The van der Waals surface area contributed by atoms with Gasteiger partial charge in [-0.15, -0.1) is 0 Å². The van der Waals surface area contributed by atoms with Crippen LogP contribution in [0.4, 0.5) is 11.4 Å².